The lowest BCUT2D eigenvalue weighted by molar-refractivity contribution is -0.133. The van der Waals surface area contributed by atoms with Gasteiger partial charge in [0.2, 0.25) is 0 Å². The molecule has 0 spiro atoms. The normalized spacial score (nSPS) is 21.9. The molecule has 0 unspecified atom stereocenters. The van der Waals surface area contributed by atoms with Crippen molar-refractivity contribution in [2.45, 2.75) is 25.7 Å². The molecule has 4 heteroatoms. The topological polar surface area (TPSA) is 26.3 Å². The molecule has 0 atom stereocenters. The van der Waals surface area contributed by atoms with E-state index >= 15 is 0 Å². The van der Waals surface area contributed by atoms with Crippen molar-refractivity contribution in [3.05, 3.63) is 37.7 Å². The lowest BCUT2D eigenvalue weighted by atomic mass is 9.92. The summed E-state index contributed by atoms with van der Waals surface area (Å²) >= 11 is 5.07. The fourth-order valence-corrected chi connectivity index (χ4v) is 3.63. The first kappa shape index (κ1) is 11.2. The zero-order valence-electron chi connectivity index (χ0n) is 9.16. The number of carbonyl (C=O) groups is 1. The summed E-state index contributed by atoms with van der Waals surface area (Å²) in [6.07, 6.45) is 6.08. The van der Waals surface area contributed by atoms with Crippen molar-refractivity contribution in [1.82, 2.24) is 0 Å². The first-order valence-electron chi connectivity index (χ1n) is 5.65. The largest absolute Gasteiger partial charge is 0.423 e. The molecule has 1 aliphatic heterocycles. The first-order valence-corrected chi connectivity index (χ1v) is 7.26. The summed E-state index contributed by atoms with van der Waals surface area (Å²) in [6.45, 7) is 0. The highest BCUT2D eigenvalue weighted by Gasteiger charge is 2.31. The molecule has 0 amide bonds. The second-order valence-corrected chi connectivity index (χ2v) is 6.70. The molecular weight excluding hydrogens is 300 g/mol. The van der Waals surface area contributed by atoms with E-state index in [1.165, 1.54) is 0 Å². The summed E-state index contributed by atoms with van der Waals surface area (Å²) in [5.41, 5.74) is 2.03. The molecule has 1 aliphatic carbocycles. The van der Waals surface area contributed by atoms with E-state index in [-0.39, 0.29) is 5.97 Å². The highest BCUT2D eigenvalue weighted by atomic mass is 79.9. The van der Waals surface area contributed by atoms with Gasteiger partial charge in [0.05, 0.1) is 3.79 Å². The van der Waals surface area contributed by atoms with Gasteiger partial charge in [-0.1, -0.05) is 0 Å². The van der Waals surface area contributed by atoms with Crippen LogP contribution in [0.15, 0.2) is 32.8 Å². The molecule has 0 saturated carbocycles. The Morgan fingerprint density at radius 1 is 1.24 bits per heavy atom. The van der Waals surface area contributed by atoms with Crippen LogP contribution in [-0.4, -0.2) is 5.97 Å². The molecule has 0 N–H and O–H groups in total. The maximum absolute atomic E-state index is 11.7. The van der Waals surface area contributed by atoms with E-state index in [1.54, 1.807) is 11.3 Å². The Labute approximate surface area is 112 Å². The predicted molar refractivity (Wildman–Crippen MR) is 71.6 cm³/mol. The van der Waals surface area contributed by atoms with Crippen molar-refractivity contribution in [2.75, 3.05) is 0 Å². The summed E-state index contributed by atoms with van der Waals surface area (Å²) in [5.74, 6) is 0.626. The maximum Gasteiger partial charge on any atom is 0.339 e. The van der Waals surface area contributed by atoms with E-state index in [1.807, 2.05) is 18.2 Å². The Morgan fingerprint density at radius 3 is 2.71 bits per heavy atom. The molecule has 17 heavy (non-hydrogen) atoms. The van der Waals surface area contributed by atoms with E-state index in [2.05, 4.69) is 15.9 Å². The van der Waals surface area contributed by atoms with Crippen molar-refractivity contribution in [3.63, 3.8) is 0 Å². The minimum absolute atomic E-state index is 0.137. The van der Waals surface area contributed by atoms with Crippen LogP contribution in [0.4, 0.5) is 0 Å². The van der Waals surface area contributed by atoms with Crippen molar-refractivity contribution < 1.29 is 9.53 Å². The van der Waals surface area contributed by atoms with E-state index in [0.717, 1.165) is 51.3 Å². The van der Waals surface area contributed by atoms with Crippen LogP contribution in [0.5, 0.6) is 0 Å². The van der Waals surface area contributed by atoms with Gasteiger partial charge in [-0.15, -0.1) is 11.3 Å². The number of thiophene rings is 1. The van der Waals surface area contributed by atoms with Crippen LogP contribution in [0.1, 0.15) is 30.6 Å². The summed E-state index contributed by atoms with van der Waals surface area (Å²) in [5, 5.41) is 0. The van der Waals surface area contributed by atoms with Crippen LogP contribution in [0.2, 0.25) is 0 Å². The molecule has 3 rings (SSSR count). The Kier molecular flexibility index (Phi) is 2.92. The van der Waals surface area contributed by atoms with Gasteiger partial charge in [-0.3, -0.25) is 0 Å². The van der Waals surface area contributed by atoms with E-state index in [0.29, 0.717) is 0 Å². The highest BCUT2D eigenvalue weighted by Crippen LogP contribution is 2.38. The third-order valence-electron chi connectivity index (χ3n) is 3.08. The number of hydrogen-bond acceptors (Lipinski definition) is 3. The number of allylic oxidation sites excluding steroid dienone is 1. The average molecular weight is 311 g/mol. The van der Waals surface area contributed by atoms with Gasteiger partial charge in [0.25, 0.3) is 0 Å². The molecule has 1 aromatic heterocycles. The minimum atomic E-state index is -0.137. The van der Waals surface area contributed by atoms with Crippen LogP contribution in [0, 0.1) is 0 Å². The van der Waals surface area contributed by atoms with Crippen LogP contribution in [0.25, 0.3) is 6.08 Å². The highest BCUT2D eigenvalue weighted by molar-refractivity contribution is 9.11. The number of halogens is 1. The van der Waals surface area contributed by atoms with Gasteiger partial charge in [-0.2, -0.15) is 0 Å². The van der Waals surface area contributed by atoms with Crippen molar-refractivity contribution in [2.24, 2.45) is 0 Å². The standard InChI is InChI=1S/C13H11BrO2S/c14-12-6-5-8(17-12)7-11-9-3-1-2-4-10(9)13(15)16-11/h5-7H,1-4H2. The molecule has 0 bridgehead atoms. The Morgan fingerprint density at radius 2 is 2.00 bits per heavy atom. The molecule has 2 nitrogen and oxygen atoms in total. The lowest BCUT2D eigenvalue weighted by Crippen LogP contribution is -2.01. The Hall–Kier alpha value is -0.870. The zero-order valence-corrected chi connectivity index (χ0v) is 11.6. The molecule has 1 aromatic rings. The van der Waals surface area contributed by atoms with Crippen molar-refractivity contribution in [1.29, 1.82) is 0 Å². The molecule has 0 aromatic carbocycles. The molecule has 2 heterocycles. The molecule has 0 fully saturated rings. The van der Waals surface area contributed by atoms with Gasteiger partial charge in [0.15, 0.2) is 0 Å². The zero-order chi connectivity index (χ0) is 11.8. The first-order chi connectivity index (χ1) is 8.24. The van der Waals surface area contributed by atoms with Crippen molar-refractivity contribution in [3.8, 4) is 0 Å². The van der Waals surface area contributed by atoms with Gasteiger partial charge in [-0.25, -0.2) is 4.79 Å². The summed E-state index contributed by atoms with van der Waals surface area (Å²) in [4.78, 5) is 12.8. The van der Waals surface area contributed by atoms with Gasteiger partial charge >= 0.3 is 5.97 Å². The fraction of sp³-hybridized carbons (Fsp3) is 0.308. The minimum Gasteiger partial charge on any atom is -0.423 e. The third-order valence-corrected chi connectivity index (χ3v) is 4.65. The number of esters is 1. The second kappa shape index (κ2) is 4.42. The number of cyclic esters (lactones) is 1. The summed E-state index contributed by atoms with van der Waals surface area (Å²) in [6, 6.07) is 4.03. The van der Waals surface area contributed by atoms with Crippen LogP contribution >= 0.6 is 27.3 Å². The van der Waals surface area contributed by atoms with Crippen LogP contribution < -0.4 is 0 Å². The summed E-state index contributed by atoms with van der Waals surface area (Å²) in [7, 11) is 0. The Bertz CT molecular complexity index is 539. The van der Waals surface area contributed by atoms with E-state index in [4.69, 9.17) is 4.74 Å². The number of hydrogen-bond donors (Lipinski definition) is 0. The lowest BCUT2D eigenvalue weighted by Gasteiger charge is -2.09. The maximum atomic E-state index is 11.7. The monoisotopic (exact) mass is 310 g/mol. The smallest absolute Gasteiger partial charge is 0.339 e. The van der Waals surface area contributed by atoms with Crippen LogP contribution in [0.3, 0.4) is 0 Å². The Balaban J connectivity index is 1.97. The third kappa shape index (κ3) is 2.11. The molecule has 0 radical (unpaired) electrons. The summed E-state index contributed by atoms with van der Waals surface area (Å²) < 4.78 is 6.45. The average Bonchev–Trinajstić information content (AvgIpc) is 2.86. The molecule has 2 aliphatic rings. The van der Waals surface area contributed by atoms with Crippen LogP contribution in [-0.2, 0) is 9.53 Å². The fourth-order valence-electron chi connectivity index (χ4n) is 2.28. The predicted octanol–water partition coefficient (Wildman–Crippen LogP) is 4.28. The number of carbonyl (C=O) groups excluding carboxylic acids is 1. The quantitative estimate of drug-likeness (QED) is 0.724. The molecular formula is C13H11BrO2S. The van der Waals surface area contributed by atoms with E-state index < -0.39 is 0 Å². The van der Waals surface area contributed by atoms with Gasteiger partial charge < -0.3 is 4.74 Å². The SMILES string of the molecule is O=C1OC(=Cc2ccc(Br)s2)C2=C1CCCC2. The van der Waals surface area contributed by atoms with Crippen molar-refractivity contribution >= 4 is 39.3 Å². The van der Waals surface area contributed by atoms with E-state index in [9.17, 15) is 4.79 Å². The van der Waals surface area contributed by atoms with Gasteiger partial charge in [-0.05, 0) is 59.8 Å². The van der Waals surface area contributed by atoms with Gasteiger partial charge in [0.1, 0.15) is 5.76 Å². The number of rotatable bonds is 1. The second-order valence-electron chi connectivity index (χ2n) is 4.20. The van der Waals surface area contributed by atoms with Gasteiger partial charge in [0, 0.05) is 16.0 Å². The number of ether oxygens (including phenoxy) is 1. The molecule has 0 saturated heterocycles. The molecule has 88 valence electrons.